The highest BCUT2D eigenvalue weighted by atomic mass is 14.0. The van der Waals surface area contributed by atoms with Gasteiger partial charge in [-0.3, -0.25) is 0 Å². The van der Waals surface area contributed by atoms with Gasteiger partial charge >= 0.3 is 0 Å². The molecule has 0 fully saturated rings. The van der Waals surface area contributed by atoms with Crippen LogP contribution in [0.5, 0.6) is 0 Å². The minimum atomic E-state index is 0.250. The molecule has 0 aliphatic carbocycles. The maximum absolute atomic E-state index is 3.77. The largest absolute Gasteiger partial charge is 0.338 e. The van der Waals surface area contributed by atoms with Crippen molar-refractivity contribution in [2.24, 2.45) is 5.41 Å². The average Bonchev–Trinajstić information content (AvgIpc) is 0.722. The summed E-state index contributed by atoms with van der Waals surface area (Å²) in [5.41, 5.74) is 0.250. The molecule has 0 bridgehead atoms. The summed E-state index contributed by atoms with van der Waals surface area (Å²) in [5, 5.41) is 0. The van der Waals surface area contributed by atoms with E-state index in [9.17, 15) is 0 Å². The standard InChI is InChI=1S/C5H11/c1-5(2,3)4/h1H2,2-4H3/q-1. The van der Waals surface area contributed by atoms with Gasteiger partial charge in [0, 0.05) is 0 Å². The Kier molecular flexibility index (Phi) is 1.00. The van der Waals surface area contributed by atoms with Crippen molar-refractivity contribution in [3.05, 3.63) is 6.92 Å². The van der Waals surface area contributed by atoms with Crippen molar-refractivity contribution in [3.8, 4) is 0 Å². The quantitative estimate of drug-likeness (QED) is 0.382. The van der Waals surface area contributed by atoms with Crippen LogP contribution in [-0.2, 0) is 0 Å². The first-order chi connectivity index (χ1) is 2.00. The molecule has 0 nitrogen and oxygen atoms in total. The fraction of sp³-hybridized carbons (Fsp3) is 0.800. The van der Waals surface area contributed by atoms with Crippen molar-refractivity contribution in [1.29, 1.82) is 0 Å². The van der Waals surface area contributed by atoms with Crippen LogP contribution in [0.15, 0.2) is 0 Å². The molecule has 0 unspecified atom stereocenters. The molecule has 0 saturated carbocycles. The summed E-state index contributed by atoms with van der Waals surface area (Å²) in [7, 11) is 0. The third kappa shape index (κ3) is 0. The normalized spacial score (nSPS) is 12.0. The second-order valence-electron chi connectivity index (χ2n) is 2.56. The second-order valence-corrected chi connectivity index (χ2v) is 2.56. The Morgan fingerprint density at radius 3 is 1.20 bits per heavy atom. The SMILES string of the molecule is [CH2-]C(C)(C)C. The topological polar surface area (TPSA) is 0 Å². The lowest BCUT2D eigenvalue weighted by atomic mass is 10.0. The maximum Gasteiger partial charge on any atom is -0.0878 e. The predicted octanol–water partition coefficient (Wildman–Crippen LogP) is 1.87. The number of hydrogen-bond acceptors (Lipinski definition) is 0. The molecule has 5 heavy (non-hydrogen) atoms. The fourth-order valence-electron chi connectivity index (χ4n) is 0. The lowest BCUT2D eigenvalue weighted by Crippen LogP contribution is -1.94. The zero-order chi connectivity index (χ0) is 4.50. The van der Waals surface area contributed by atoms with Crippen LogP contribution < -0.4 is 0 Å². The molecular formula is C5H11-. The van der Waals surface area contributed by atoms with Crippen LogP contribution >= 0.6 is 0 Å². The van der Waals surface area contributed by atoms with Crippen LogP contribution in [-0.4, -0.2) is 0 Å². The third-order valence-corrected chi connectivity index (χ3v) is 0. The molecule has 0 N–H and O–H groups in total. The van der Waals surface area contributed by atoms with E-state index in [2.05, 4.69) is 27.7 Å². The zero-order valence-corrected chi connectivity index (χ0v) is 4.21. The minimum Gasteiger partial charge on any atom is -0.338 e. The Hall–Kier alpha value is 0. The van der Waals surface area contributed by atoms with Crippen LogP contribution in [0.2, 0.25) is 0 Å². The van der Waals surface area contributed by atoms with Gasteiger partial charge in [-0.2, -0.15) is 5.41 Å². The molecule has 0 radical (unpaired) electrons. The van der Waals surface area contributed by atoms with Crippen molar-refractivity contribution >= 4 is 0 Å². The molecule has 0 aliphatic rings. The molecule has 0 saturated heterocycles. The lowest BCUT2D eigenvalue weighted by molar-refractivity contribution is 0.539. The highest BCUT2D eigenvalue weighted by Crippen LogP contribution is 2.07. The maximum atomic E-state index is 3.77. The van der Waals surface area contributed by atoms with Crippen LogP contribution in [0.1, 0.15) is 20.8 Å². The molecule has 0 aliphatic heterocycles. The van der Waals surface area contributed by atoms with Gasteiger partial charge in [0.25, 0.3) is 0 Å². The number of hydrogen-bond donors (Lipinski definition) is 0. The molecular weight excluding hydrogens is 60.1 g/mol. The summed E-state index contributed by atoms with van der Waals surface area (Å²) in [6, 6.07) is 0. The average molecular weight is 71.1 g/mol. The Bertz CT molecular complexity index is 15.5. The van der Waals surface area contributed by atoms with Crippen LogP contribution in [0, 0.1) is 12.3 Å². The monoisotopic (exact) mass is 71.1 g/mol. The first-order valence-electron chi connectivity index (χ1n) is 1.85. The van der Waals surface area contributed by atoms with E-state index in [1.807, 2.05) is 0 Å². The molecule has 0 atom stereocenters. The summed E-state index contributed by atoms with van der Waals surface area (Å²) in [5.74, 6) is 0. The first kappa shape index (κ1) is 5.00. The Balaban J connectivity index is 3.02. The van der Waals surface area contributed by atoms with Gasteiger partial charge in [-0.15, -0.1) is 0 Å². The minimum absolute atomic E-state index is 0.250. The highest BCUT2D eigenvalue weighted by Gasteiger charge is 1.85. The second kappa shape index (κ2) is 1.00. The van der Waals surface area contributed by atoms with Crippen LogP contribution in [0.25, 0.3) is 0 Å². The van der Waals surface area contributed by atoms with E-state index in [4.69, 9.17) is 0 Å². The van der Waals surface area contributed by atoms with Gasteiger partial charge in [0.05, 0.1) is 0 Å². The van der Waals surface area contributed by atoms with Crippen LogP contribution in [0.3, 0.4) is 0 Å². The lowest BCUT2D eigenvalue weighted by Gasteiger charge is -2.16. The summed E-state index contributed by atoms with van der Waals surface area (Å²) in [4.78, 5) is 0. The van der Waals surface area contributed by atoms with E-state index >= 15 is 0 Å². The summed E-state index contributed by atoms with van der Waals surface area (Å²) < 4.78 is 0. The fourth-order valence-corrected chi connectivity index (χ4v) is 0. The van der Waals surface area contributed by atoms with E-state index in [1.165, 1.54) is 0 Å². The van der Waals surface area contributed by atoms with Crippen molar-refractivity contribution in [2.75, 3.05) is 0 Å². The van der Waals surface area contributed by atoms with Crippen molar-refractivity contribution in [3.63, 3.8) is 0 Å². The molecule has 0 heterocycles. The Morgan fingerprint density at radius 2 is 1.20 bits per heavy atom. The molecule has 0 heteroatoms. The van der Waals surface area contributed by atoms with E-state index < -0.39 is 0 Å². The smallest absolute Gasteiger partial charge is 0.0878 e. The van der Waals surface area contributed by atoms with Gasteiger partial charge in [-0.05, 0) is 0 Å². The van der Waals surface area contributed by atoms with Gasteiger partial charge in [0.1, 0.15) is 0 Å². The zero-order valence-electron chi connectivity index (χ0n) is 4.21. The first-order valence-corrected chi connectivity index (χ1v) is 1.85. The molecule has 0 rings (SSSR count). The van der Waals surface area contributed by atoms with E-state index in [-0.39, 0.29) is 5.41 Å². The van der Waals surface area contributed by atoms with Gasteiger partial charge in [-0.25, -0.2) is 0 Å². The Labute approximate surface area is 34.2 Å². The number of rotatable bonds is 0. The molecule has 32 valence electrons. The predicted molar refractivity (Wildman–Crippen MR) is 24.8 cm³/mol. The van der Waals surface area contributed by atoms with Gasteiger partial charge in [0.2, 0.25) is 0 Å². The van der Waals surface area contributed by atoms with Gasteiger partial charge in [-0.1, -0.05) is 20.8 Å². The molecule has 0 amide bonds. The molecule has 0 aromatic carbocycles. The summed E-state index contributed by atoms with van der Waals surface area (Å²) >= 11 is 0. The molecule has 0 spiro atoms. The molecule has 0 aromatic heterocycles. The third-order valence-electron chi connectivity index (χ3n) is 0. The summed E-state index contributed by atoms with van der Waals surface area (Å²) in [6.45, 7) is 10.0. The van der Waals surface area contributed by atoms with Gasteiger partial charge in [0.15, 0.2) is 0 Å². The van der Waals surface area contributed by atoms with Crippen LogP contribution in [0.4, 0.5) is 0 Å². The van der Waals surface area contributed by atoms with Crippen molar-refractivity contribution in [1.82, 2.24) is 0 Å². The van der Waals surface area contributed by atoms with Gasteiger partial charge < -0.3 is 6.92 Å². The summed E-state index contributed by atoms with van der Waals surface area (Å²) in [6.07, 6.45) is 0. The van der Waals surface area contributed by atoms with Crippen molar-refractivity contribution < 1.29 is 0 Å². The van der Waals surface area contributed by atoms with E-state index in [0.29, 0.717) is 0 Å². The Morgan fingerprint density at radius 1 is 1.20 bits per heavy atom. The molecule has 0 aromatic rings. The van der Waals surface area contributed by atoms with E-state index in [0.717, 1.165) is 0 Å². The van der Waals surface area contributed by atoms with Crippen molar-refractivity contribution in [2.45, 2.75) is 20.8 Å². The van der Waals surface area contributed by atoms with E-state index in [1.54, 1.807) is 0 Å². The highest BCUT2D eigenvalue weighted by molar-refractivity contribution is 4.60.